The Bertz CT molecular complexity index is 331. The Morgan fingerprint density at radius 2 is 2.11 bits per heavy atom. The molecule has 18 heavy (non-hydrogen) atoms. The predicted molar refractivity (Wildman–Crippen MR) is 73.0 cm³/mol. The maximum atomic E-state index is 10.1. The summed E-state index contributed by atoms with van der Waals surface area (Å²) < 4.78 is 0. The van der Waals surface area contributed by atoms with Gasteiger partial charge < -0.3 is 4.85 Å². The number of nitrogens with zero attached hydrogens (tertiary/aromatic N) is 2. The fraction of sp³-hybridized carbons (Fsp3) is 0.867. The van der Waals surface area contributed by atoms with E-state index in [9.17, 15) is 4.79 Å². The number of hydrogen-bond donors (Lipinski definition) is 0. The molecule has 3 nitrogen and oxygen atoms in total. The molecule has 1 rings (SSSR count). The molecule has 0 amide bonds. The van der Waals surface area contributed by atoms with Crippen molar-refractivity contribution >= 4 is 6.08 Å². The average molecular weight is 248 g/mol. The first-order valence-electron chi connectivity index (χ1n) is 7.12. The van der Waals surface area contributed by atoms with Crippen molar-refractivity contribution in [2.75, 3.05) is 6.54 Å². The smallest absolute Gasteiger partial charge is 0.234 e. The van der Waals surface area contributed by atoms with Crippen LogP contribution in [0.2, 0.25) is 0 Å². The second-order valence-corrected chi connectivity index (χ2v) is 5.54. The SMILES string of the molecule is [C-]#[N+]C(CC)C1(CCC)CCC(CN=C=O)CC1. The van der Waals surface area contributed by atoms with E-state index >= 15 is 0 Å². The molecule has 1 fully saturated rings. The first-order chi connectivity index (χ1) is 8.72. The van der Waals surface area contributed by atoms with Crippen LogP contribution in [0.4, 0.5) is 0 Å². The van der Waals surface area contributed by atoms with E-state index < -0.39 is 0 Å². The minimum absolute atomic E-state index is 0.174. The van der Waals surface area contributed by atoms with Gasteiger partial charge in [-0.1, -0.05) is 20.3 Å². The molecule has 0 aromatic rings. The number of hydrogen-bond acceptors (Lipinski definition) is 2. The van der Waals surface area contributed by atoms with E-state index in [2.05, 4.69) is 23.7 Å². The highest BCUT2D eigenvalue weighted by Gasteiger charge is 2.44. The van der Waals surface area contributed by atoms with Crippen LogP contribution in [0.1, 0.15) is 58.8 Å². The van der Waals surface area contributed by atoms with Crippen LogP contribution >= 0.6 is 0 Å². The number of carbonyl (C=O) groups excluding carboxylic acids is 1. The second kappa shape index (κ2) is 7.34. The van der Waals surface area contributed by atoms with E-state index in [4.69, 9.17) is 6.57 Å². The summed E-state index contributed by atoms with van der Waals surface area (Å²) in [6.07, 6.45) is 9.38. The Hall–Kier alpha value is -1.13. The van der Waals surface area contributed by atoms with Crippen molar-refractivity contribution in [2.45, 2.75) is 64.8 Å². The first kappa shape index (κ1) is 14.9. The van der Waals surface area contributed by atoms with Gasteiger partial charge in [0.1, 0.15) is 0 Å². The summed E-state index contributed by atoms with van der Waals surface area (Å²) in [5.74, 6) is 0.527. The van der Waals surface area contributed by atoms with Gasteiger partial charge in [0.05, 0.1) is 6.54 Å². The molecule has 0 bridgehead atoms. The van der Waals surface area contributed by atoms with Crippen LogP contribution < -0.4 is 0 Å². The topological polar surface area (TPSA) is 33.8 Å². The van der Waals surface area contributed by atoms with E-state index in [1.807, 2.05) is 0 Å². The van der Waals surface area contributed by atoms with Gasteiger partial charge in [0.15, 0.2) is 0 Å². The van der Waals surface area contributed by atoms with Gasteiger partial charge >= 0.3 is 0 Å². The molecule has 1 saturated carbocycles. The van der Waals surface area contributed by atoms with Gasteiger partial charge in [-0.2, -0.15) is 0 Å². The van der Waals surface area contributed by atoms with Crippen LogP contribution in [0.15, 0.2) is 4.99 Å². The fourth-order valence-corrected chi connectivity index (χ4v) is 3.51. The van der Waals surface area contributed by atoms with Crippen molar-refractivity contribution in [2.24, 2.45) is 16.3 Å². The molecule has 1 atom stereocenters. The third kappa shape index (κ3) is 3.43. The summed E-state index contributed by atoms with van der Waals surface area (Å²) in [5.41, 5.74) is 0.229. The Kier molecular flexibility index (Phi) is 6.09. The lowest BCUT2D eigenvalue weighted by molar-refractivity contribution is 0.116. The highest BCUT2D eigenvalue weighted by atomic mass is 16.1. The molecule has 0 aliphatic heterocycles. The zero-order valence-electron chi connectivity index (χ0n) is 11.6. The monoisotopic (exact) mass is 248 g/mol. The van der Waals surface area contributed by atoms with E-state index in [1.165, 1.54) is 0 Å². The third-order valence-corrected chi connectivity index (χ3v) is 4.51. The Labute approximate surface area is 111 Å². The van der Waals surface area contributed by atoms with Crippen LogP contribution in [0.5, 0.6) is 0 Å². The zero-order valence-corrected chi connectivity index (χ0v) is 11.6. The first-order valence-corrected chi connectivity index (χ1v) is 7.12. The molecule has 0 saturated heterocycles. The van der Waals surface area contributed by atoms with Crippen molar-refractivity contribution in [3.05, 3.63) is 11.4 Å². The normalized spacial score (nSPS) is 29.1. The van der Waals surface area contributed by atoms with Gasteiger partial charge in [-0.3, -0.25) is 0 Å². The van der Waals surface area contributed by atoms with Gasteiger partial charge in [0.25, 0.3) is 0 Å². The molecule has 0 heterocycles. The van der Waals surface area contributed by atoms with Crippen LogP contribution in [-0.2, 0) is 4.79 Å². The van der Waals surface area contributed by atoms with E-state index in [-0.39, 0.29) is 11.5 Å². The summed E-state index contributed by atoms with van der Waals surface area (Å²) >= 11 is 0. The lowest BCUT2D eigenvalue weighted by Crippen LogP contribution is -2.37. The number of rotatable bonds is 6. The van der Waals surface area contributed by atoms with Crippen LogP contribution in [0.3, 0.4) is 0 Å². The van der Waals surface area contributed by atoms with Crippen LogP contribution in [-0.4, -0.2) is 18.7 Å². The van der Waals surface area contributed by atoms with E-state index in [0.29, 0.717) is 12.5 Å². The molecule has 1 aliphatic carbocycles. The molecule has 0 N–H and O–H groups in total. The van der Waals surface area contributed by atoms with Gasteiger partial charge in [0, 0.05) is 11.8 Å². The van der Waals surface area contributed by atoms with Crippen LogP contribution in [0, 0.1) is 17.9 Å². The van der Waals surface area contributed by atoms with Crippen molar-refractivity contribution in [1.82, 2.24) is 0 Å². The molecule has 1 unspecified atom stereocenters. The minimum Gasteiger partial charge on any atom is -0.313 e. The number of aliphatic imine (C=N–C) groups is 1. The quantitative estimate of drug-likeness (QED) is 0.397. The molecular formula is C15H24N2O. The summed E-state index contributed by atoms with van der Waals surface area (Å²) in [6.45, 7) is 12.4. The summed E-state index contributed by atoms with van der Waals surface area (Å²) in [4.78, 5) is 17.7. The highest BCUT2D eigenvalue weighted by Crippen LogP contribution is 2.47. The number of isocyanates is 1. The Morgan fingerprint density at radius 3 is 2.56 bits per heavy atom. The molecule has 0 aromatic carbocycles. The molecule has 0 radical (unpaired) electrons. The van der Waals surface area contributed by atoms with Gasteiger partial charge in [-0.05, 0) is 38.0 Å². The maximum Gasteiger partial charge on any atom is 0.234 e. The predicted octanol–water partition coefficient (Wildman–Crippen LogP) is 4.00. The van der Waals surface area contributed by atoms with Crippen molar-refractivity contribution in [1.29, 1.82) is 0 Å². The van der Waals surface area contributed by atoms with Crippen LogP contribution in [0.25, 0.3) is 4.85 Å². The van der Waals surface area contributed by atoms with Crippen molar-refractivity contribution in [3.8, 4) is 0 Å². The maximum absolute atomic E-state index is 10.1. The molecule has 3 heteroatoms. The lowest BCUT2D eigenvalue weighted by Gasteiger charge is -2.39. The highest BCUT2D eigenvalue weighted by molar-refractivity contribution is 5.32. The standard InChI is InChI=1S/C15H24N2O/c1-4-8-15(14(5-2)16-3)9-6-13(7-10-15)11-17-12-18/h13-14H,4-11H2,1-2H3. The molecular weight excluding hydrogens is 224 g/mol. The summed E-state index contributed by atoms with van der Waals surface area (Å²) in [7, 11) is 0. The van der Waals surface area contributed by atoms with Crippen molar-refractivity contribution < 1.29 is 4.79 Å². The second-order valence-electron chi connectivity index (χ2n) is 5.54. The summed E-state index contributed by atoms with van der Waals surface area (Å²) in [5, 5.41) is 0. The molecule has 1 aliphatic rings. The minimum atomic E-state index is 0.174. The lowest BCUT2D eigenvalue weighted by atomic mass is 9.63. The van der Waals surface area contributed by atoms with Gasteiger partial charge in [-0.25, -0.2) is 16.4 Å². The van der Waals surface area contributed by atoms with Gasteiger partial charge in [0.2, 0.25) is 12.1 Å². The molecule has 100 valence electrons. The largest absolute Gasteiger partial charge is 0.313 e. The molecule has 0 aromatic heterocycles. The average Bonchev–Trinajstić information content (AvgIpc) is 2.40. The third-order valence-electron chi connectivity index (χ3n) is 4.51. The zero-order chi connectivity index (χ0) is 13.4. The Balaban J connectivity index is 2.67. The fourth-order valence-electron chi connectivity index (χ4n) is 3.51. The summed E-state index contributed by atoms with van der Waals surface area (Å²) in [6, 6.07) is 0.174. The van der Waals surface area contributed by atoms with Crippen molar-refractivity contribution in [3.63, 3.8) is 0 Å². The molecule has 0 spiro atoms. The van der Waals surface area contributed by atoms with E-state index in [0.717, 1.165) is 44.9 Å². The van der Waals surface area contributed by atoms with Gasteiger partial charge in [-0.15, -0.1) is 0 Å². The van der Waals surface area contributed by atoms with E-state index in [1.54, 1.807) is 6.08 Å². The Morgan fingerprint density at radius 1 is 1.44 bits per heavy atom.